The molecule has 19 heavy (non-hydrogen) atoms. The molecular formula is C15H15N3S. The predicted octanol–water partition coefficient (Wildman–Crippen LogP) is 3.73. The lowest BCUT2D eigenvalue weighted by molar-refractivity contribution is 1.13. The second-order valence-electron chi connectivity index (χ2n) is 4.76. The van der Waals surface area contributed by atoms with Gasteiger partial charge in [0.25, 0.3) is 0 Å². The van der Waals surface area contributed by atoms with Gasteiger partial charge in [0.15, 0.2) is 0 Å². The monoisotopic (exact) mass is 269 g/mol. The van der Waals surface area contributed by atoms with Gasteiger partial charge in [-0.2, -0.15) is 0 Å². The van der Waals surface area contributed by atoms with E-state index in [0.717, 1.165) is 16.1 Å². The molecule has 0 radical (unpaired) electrons. The Hall–Kier alpha value is -1.94. The van der Waals surface area contributed by atoms with Crippen LogP contribution in [0.15, 0.2) is 36.7 Å². The number of fused-ring (bicyclic) bond motifs is 1. The standard InChI is InChI=1S/C15H15N3S/c1-10-9-16-7-6-12(10)15-17-13-8-11(18(2)3)4-5-14(13)19-15/h4-9H,1-3H3. The van der Waals surface area contributed by atoms with Crippen LogP contribution in [0.3, 0.4) is 0 Å². The van der Waals surface area contributed by atoms with Crippen LogP contribution >= 0.6 is 11.3 Å². The van der Waals surface area contributed by atoms with Gasteiger partial charge in [-0.25, -0.2) is 4.98 Å². The molecule has 0 atom stereocenters. The third-order valence-corrected chi connectivity index (χ3v) is 4.21. The lowest BCUT2D eigenvalue weighted by atomic mass is 10.2. The SMILES string of the molecule is Cc1cnccc1-c1nc2cc(N(C)C)ccc2s1. The normalized spacial score (nSPS) is 10.9. The van der Waals surface area contributed by atoms with Gasteiger partial charge in [0.05, 0.1) is 10.2 Å². The Bertz CT molecular complexity index is 731. The molecule has 0 aliphatic carbocycles. The average Bonchev–Trinajstić information content (AvgIpc) is 2.81. The van der Waals surface area contributed by atoms with Gasteiger partial charge in [0.1, 0.15) is 5.01 Å². The number of nitrogens with zero attached hydrogens (tertiary/aromatic N) is 3. The summed E-state index contributed by atoms with van der Waals surface area (Å²) in [6.45, 7) is 2.07. The van der Waals surface area contributed by atoms with E-state index in [1.165, 1.54) is 16.0 Å². The summed E-state index contributed by atoms with van der Waals surface area (Å²) in [5.74, 6) is 0. The van der Waals surface area contributed by atoms with Crippen molar-refractivity contribution in [3.63, 3.8) is 0 Å². The zero-order valence-electron chi connectivity index (χ0n) is 11.2. The topological polar surface area (TPSA) is 29.0 Å². The molecule has 0 aliphatic heterocycles. The number of thiazole rings is 1. The first-order valence-corrected chi connectivity index (χ1v) is 6.96. The Labute approximate surface area is 116 Å². The zero-order valence-corrected chi connectivity index (χ0v) is 12.0. The van der Waals surface area contributed by atoms with E-state index in [0.29, 0.717) is 0 Å². The first-order valence-electron chi connectivity index (χ1n) is 6.14. The molecule has 0 spiro atoms. The number of benzene rings is 1. The molecule has 0 bridgehead atoms. The predicted molar refractivity (Wildman–Crippen MR) is 81.9 cm³/mol. The largest absolute Gasteiger partial charge is 0.378 e. The number of pyridine rings is 1. The number of anilines is 1. The minimum Gasteiger partial charge on any atom is -0.378 e. The van der Waals surface area contributed by atoms with Crippen LogP contribution in [0.4, 0.5) is 5.69 Å². The molecule has 1 aromatic carbocycles. The van der Waals surface area contributed by atoms with E-state index in [2.05, 4.69) is 35.0 Å². The quantitative estimate of drug-likeness (QED) is 0.709. The fraction of sp³-hybridized carbons (Fsp3) is 0.200. The highest BCUT2D eigenvalue weighted by atomic mass is 32.1. The lowest BCUT2D eigenvalue weighted by Gasteiger charge is -2.11. The highest BCUT2D eigenvalue weighted by Crippen LogP contribution is 2.33. The van der Waals surface area contributed by atoms with E-state index in [-0.39, 0.29) is 0 Å². The summed E-state index contributed by atoms with van der Waals surface area (Å²) in [4.78, 5) is 11.0. The fourth-order valence-corrected chi connectivity index (χ4v) is 3.06. The van der Waals surface area contributed by atoms with Crippen molar-refractivity contribution in [1.29, 1.82) is 0 Å². The number of hydrogen-bond donors (Lipinski definition) is 0. The average molecular weight is 269 g/mol. The van der Waals surface area contributed by atoms with E-state index < -0.39 is 0 Å². The molecule has 0 fully saturated rings. The van der Waals surface area contributed by atoms with Crippen LogP contribution in [0.25, 0.3) is 20.8 Å². The fourth-order valence-electron chi connectivity index (χ4n) is 2.02. The van der Waals surface area contributed by atoms with Crippen molar-refractivity contribution < 1.29 is 0 Å². The molecule has 2 heterocycles. The van der Waals surface area contributed by atoms with E-state index in [4.69, 9.17) is 4.98 Å². The summed E-state index contributed by atoms with van der Waals surface area (Å²) < 4.78 is 1.22. The van der Waals surface area contributed by atoms with Gasteiger partial charge in [-0.05, 0) is 36.8 Å². The van der Waals surface area contributed by atoms with E-state index >= 15 is 0 Å². The van der Waals surface area contributed by atoms with Gasteiger partial charge in [0, 0.05) is 37.7 Å². The number of aryl methyl sites for hydroxylation is 1. The molecule has 3 nitrogen and oxygen atoms in total. The molecule has 2 aromatic heterocycles. The van der Waals surface area contributed by atoms with Gasteiger partial charge < -0.3 is 4.90 Å². The molecule has 4 heteroatoms. The van der Waals surface area contributed by atoms with Crippen molar-refractivity contribution in [2.75, 3.05) is 19.0 Å². The molecule has 96 valence electrons. The smallest absolute Gasteiger partial charge is 0.124 e. The van der Waals surface area contributed by atoms with Crippen molar-refractivity contribution in [2.24, 2.45) is 0 Å². The van der Waals surface area contributed by atoms with Crippen molar-refractivity contribution in [2.45, 2.75) is 6.92 Å². The summed E-state index contributed by atoms with van der Waals surface area (Å²) in [7, 11) is 4.09. The Morgan fingerprint density at radius 3 is 2.74 bits per heavy atom. The van der Waals surface area contributed by atoms with Crippen molar-refractivity contribution in [3.05, 3.63) is 42.2 Å². The number of hydrogen-bond acceptors (Lipinski definition) is 4. The van der Waals surface area contributed by atoms with Crippen molar-refractivity contribution >= 4 is 27.2 Å². The van der Waals surface area contributed by atoms with Crippen LogP contribution in [0.2, 0.25) is 0 Å². The molecule has 0 saturated heterocycles. The van der Waals surface area contributed by atoms with Crippen LogP contribution < -0.4 is 4.90 Å². The summed E-state index contributed by atoms with van der Waals surface area (Å²) >= 11 is 1.73. The third-order valence-electron chi connectivity index (χ3n) is 3.14. The van der Waals surface area contributed by atoms with Gasteiger partial charge in [-0.15, -0.1) is 11.3 Å². The Balaban J connectivity index is 2.14. The Kier molecular flexibility index (Phi) is 2.95. The highest BCUT2D eigenvalue weighted by Gasteiger charge is 2.09. The van der Waals surface area contributed by atoms with Crippen LogP contribution in [0, 0.1) is 6.92 Å². The lowest BCUT2D eigenvalue weighted by Crippen LogP contribution is -2.07. The maximum absolute atomic E-state index is 4.75. The minimum atomic E-state index is 1.06. The summed E-state index contributed by atoms with van der Waals surface area (Å²) in [6.07, 6.45) is 3.70. The van der Waals surface area contributed by atoms with Crippen LogP contribution in [-0.2, 0) is 0 Å². The molecular weight excluding hydrogens is 254 g/mol. The highest BCUT2D eigenvalue weighted by molar-refractivity contribution is 7.21. The van der Waals surface area contributed by atoms with Crippen LogP contribution in [0.1, 0.15) is 5.56 Å². The molecule has 3 aromatic rings. The Morgan fingerprint density at radius 1 is 1.16 bits per heavy atom. The van der Waals surface area contributed by atoms with Gasteiger partial charge in [0.2, 0.25) is 0 Å². The number of aromatic nitrogens is 2. The first kappa shape index (κ1) is 12.1. The number of rotatable bonds is 2. The first-order chi connectivity index (χ1) is 9.15. The van der Waals surface area contributed by atoms with Gasteiger partial charge in [-0.3, -0.25) is 4.98 Å². The summed E-state index contributed by atoms with van der Waals surface area (Å²) in [5.41, 5.74) is 4.57. The van der Waals surface area contributed by atoms with Crippen molar-refractivity contribution in [3.8, 4) is 10.6 Å². The van der Waals surface area contributed by atoms with Crippen LogP contribution in [0.5, 0.6) is 0 Å². The van der Waals surface area contributed by atoms with E-state index in [1.807, 2.05) is 32.6 Å². The van der Waals surface area contributed by atoms with Gasteiger partial charge in [-0.1, -0.05) is 0 Å². The Morgan fingerprint density at radius 2 is 2.00 bits per heavy atom. The maximum Gasteiger partial charge on any atom is 0.124 e. The van der Waals surface area contributed by atoms with Crippen molar-refractivity contribution in [1.82, 2.24) is 9.97 Å². The molecule has 0 N–H and O–H groups in total. The molecule has 0 amide bonds. The van der Waals surface area contributed by atoms with E-state index in [1.54, 1.807) is 11.3 Å². The summed E-state index contributed by atoms with van der Waals surface area (Å²) in [5, 5.41) is 1.06. The molecule has 0 saturated carbocycles. The second kappa shape index (κ2) is 4.63. The van der Waals surface area contributed by atoms with Crippen LogP contribution in [-0.4, -0.2) is 24.1 Å². The minimum absolute atomic E-state index is 1.06. The van der Waals surface area contributed by atoms with Gasteiger partial charge >= 0.3 is 0 Å². The maximum atomic E-state index is 4.75. The molecule has 3 rings (SSSR count). The zero-order chi connectivity index (χ0) is 13.4. The molecule has 0 aliphatic rings. The second-order valence-corrected chi connectivity index (χ2v) is 5.79. The third kappa shape index (κ3) is 2.19. The summed E-state index contributed by atoms with van der Waals surface area (Å²) in [6, 6.07) is 8.43. The van der Waals surface area contributed by atoms with E-state index in [9.17, 15) is 0 Å². The molecule has 0 unspecified atom stereocenters.